The molecule has 0 bridgehead atoms. The van der Waals surface area contributed by atoms with Gasteiger partial charge >= 0.3 is 0 Å². The maximum absolute atomic E-state index is 12.9. The number of hydrogen-bond donors (Lipinski definition) is 1. The first-order valence-corrected chi connectivity index (χ1v) is 5.88. The first kappa shape index (κ1) is 12.8. The first-order chi connectivity index (χ1) is 8.58. The van der Waals surface area contributed by atoms with Gasteiger partial charge < -0.3 is 10.5 Å². The molecule has 0 aromatic heterocycles. The average Bonchev–Trinajstić information content (AvgIpc) is 2.33. The topological polar surface area (TPSA) is 35.2 Å². The Kier molecular flexibility index (Phi) is 3.79. The van der Waals surface area contributed by atoms with Crippen molar-refractivity contribution < 1.29 is 9.13 Å². The lowest BCUT2D eigenvalue weighted by Gasteiger charge is -2.11. The highest BCUT2D eigenvalue weighted by molar-refractivity contribution is 7.80. The molecule has 0 aliphatic rings. The van der Waals surface area contributed by atoms with E-state index < -0.39 is 5.82 Å². The Labute approximate surface area is 114 Å². The molecule has 0 unspecified atom stereocenters. The number of thiocarbonyl (C=S) groups is 1. The van der Waals surface area contributed by atoms with Gasteiger partial charge in [0.2, 0.25) is 0 Å². The van der Waals surface area contributed by atoms with Gasteiger partial charge in [0, 0.05) is 0 Å². The Morgan fingerprint density at radius 3 is 2.56 bits per heavy atom. The molecule has 0 fully saturated rings. The van der Waals surface area contributed by atoms with Crippen molar-refractivity contribution >= 4 is 28.8 Å². The van der Waals surface area contributed by atoms with Crippen LogP contribution in [0.15, 0.2) is 42.5 Å². The Morgan fingerprint density at radius 2 is 1.89 bits per heavy atom. The molecule has 0 spiro atoms. The molecular weight excluding hydrogens is 273 g/mol. The smallest absolute Gasteiger partial charge is 0.146 e. The van der Waals surface area contributed by atoms with Crippen molar-refractivity contribution in [2.75, 3.05) is 0 Å². The van der Waals surface area contributed by atoms with E-state index in [9.17, 15) is 4.39 Å². The summed E-state index contributed by atoms with van der Waals surface area (Å²) in [5.41, 5.74) is 6.19. The summed E-state index contributed by atoms with van der Waals surface area (Å²) in [5, 5.41) is 0.188. The number of nitrogens with two attached hydrogens (primary N) is 1. The lowest BCUT2D eigenvalue weighted by molar-refractivity contribution is 0.480. The van der Waals surface area contributed by atoms with Gasteiger partial charge in [0.25, 0.3) is 0 Å². The number of benzene rings is 2. The van der Waals surface area contributed by atoms with Crippen LogP contribution >= 0.6 is 23.8 Å². The molecular formula is C13H9ClFNOS. The van der Waals surface area contributed by atoms with E-state index >= 15 is 0 Å². The maximum atomic E-state index is 12.9. The molecule has 0 amide bonds. The van der Waals surface area contributed by atoms with Crippen LogP contribution in [0.3, 0.4) is 0 Å². The number of rotatable bonds is 3. The van der Waals surface area contributed by atoms with Gasteiger partial charge in [0.05, 0.1) is 10.6 Å². The number of ether oxygens (including phenoxy) is 1. The third-order valence-electron chi connectivity index (χ3n) is 2.27. The Bertz CT molecular complexity index is 603. The van der Waals surface area contributed by atoms with Crippen molar-refractivity contribution in [3.05, 3.63) is 58.9 Å². The molecule has 0 aliphatic carbocycles. The summed E-state index contributed by atoms with van der Waals surface area (Å²) in [5.74, 6) is 0.412. The van der Waals surface area contributed by atoms with Crippen LogP contribution < -0.4 is 10.5 Å². The normalized spacial score (nSPS) is 10.1. The van der Waals surface area contributed by atoms with Crippen molar-refractivity contribution in [3.63, 3.8) is 0 Å². The van der Waals surface area contributed by atoms with Crippen LogP contribution in [0.1, 0.15) is 5.56 Å². The van der Waals surface area contributed by atoms with Crippen LogP contribution in [0.25, 0.3) is 0 Å². The van der Waals surface area contributed by atoms with Crippen molar-refractivity contribution in [3.8, 4) is 11.5 Å². The fourth-order valence-electron chi connectivity index (χ4n) is 1.44. The Hall–Kier alpha value is -1.65. The molecule has 2 aromatic rings. The van der Waals surface area contributed by atoms with Gasteiger partial charge in [-0.1, -0.05) is 36.0 Å². The monoisotopic (exact) mass is 281 g/mol. The van der Waals surface area contributed by atoms with Gasteiger partial charge in [-0.05, 0) is 30.3 Å². The minimum atomic E-state index is -0.421. The van der Waals surface area contributed by atoms with E-state index in [4.69, 9.17) is 34.3 Å². The van der Waals surface area contributed by atoms with Crippen LogP contribution in [0, 0.1) is 5.82 Å². The number of hydrogen-bond acceptors (Lipinski definition) is 2. The molecule has 0 heterocycles. The van der Waals surface area contributed by atoms with E-state index in [1.165, 1.54) is 18.2 Å². The van der Waals surface area contributed by atoms with Crippen LogP contribution in [0.5, 0.6) is 11.5 Å². The maximum Gasteiger partial charge on any atom is 0.146 e. The van der Waals surface area contributed by atoms with Crippen molar-refractivity contribution in [1.29, 1.82) is 0 Å². The second-order valence-corrected chi connectivity index (χ2v) is 4.38. The molecule has 0 saturated heterocycles. The summed E-state index contributed by atoms with van der Waals surface area (Å²) < 4.78 is 18.5. The van der Waals surface area contributed by atoms with Crippen LogP contribution in [-0.4, -0.2) is 4.99 Å². The summed E-state index contributed by atoms with van der Waals surface area (Å²) in [6.45, 7) is 0. The molecule has 2 N–H and O–H groups in total. The number of halogens is 2. The van der Waals surface area contributed by atoms with Gasteiger partial charge in [-0.3, -0.25) is 0 Å². The molecule has 92 valence electrons. The summed E-state index contributed by atoms with van der Waals surface area (Å²) in [6, 6.07) is 10.9. The lowest BCUT2D eigenvalue weighted by Crippen LogP contribution is -2.10. The molecule has 0 atom stereocenters. The summed E-state index contributed by atoms with van der Waals surface area (Å²) in [6.07, 6.45) is 0. The SMILES string of the molecule is NC(=S)c1ccccc1Oc1ccc(F)cc1Cl. The van der Waals surface area contributed by atoms with E-state index in [1.54, 1.807) is 24.3 Å². The van der Waals surface area contributed by atoms with Crippen LogP contribution in [0.2, 0.25) is 5.02 Å². The average molecular weight is 282 g/mol. The standard InChI is InChI=1S/C13H9ClFNOS/c14-10-7-8(15)5-6-12(10)17-11-4-2-1-3-9(11)13(16)18/h1-7H,(H2,16,18). The molecule has 18 heavy (non-hydrogen) atoms. The molecule has 2 nitrogen and oxygen atoms in total. The lowest BCUT2D eigenvalue weighted by atomic mass is 10.2. The molecule has 2 rings (SSSR count). The zero-order chi connectivity index (χ0) is 13.1. The van der Waals surface area contributed by atoms with E-state index in [-0.39, 0.29) is 10.0 Å². The van der Waals surface area contributed by atoms with Gasteiger partial charge in [-0.15, -0.1) is 0 Å². The van der Waals surface area contributed by atoms with Gasteiger partial charge in [0.1, 0.15) is 22.3 Å². The van der Waals surface area contributed by atoms with E-state index in [0.29, 0.717) is 17.1 Å². The van der Waals surface area contributed by atoms with E-state index in [2.05, 4.69) is 0 Å². The molecule has 0 saturated carbocycles. The second kappa shape index (κ2) is 5.33. The van der Waals surface area contributed by atoms with E-state index in [1.807, 2.05) is 0 Å². The molecule has 5 heteroatoms. The highest BCUT2D eigenvalue weighted by atomic mass is 35.5. The quantitative estimate of drug-likeness (QED) is 0.867. The molecule has 2 aromatic carbocycles. The van der Waals surface area contributed by atoms with Gasteiger partial charge in [-0.2, -0.15) is 0 Å². The highest BCUT2D eigenvalue weighted by Gasteiger charge is 2.09. The van der Waals surface area contributed by atoms with E-state index in [0.717, 1.165) is 0 Å². The van der Waals surface area contributed by atoms with Gasteiger partial charge in [-0.25, -0.2) is 4.39 Å². The van der Waals surface area contributed by atoms with Crippen LogP contribution in [0.4, 0.5) is 4.39 Å². The zero-order valence-corrected chi connectivity index (χ0v) is 10.8. The fourth-order valence-corrected chi connectivity index (χ4v) is 1.81. The highest BCUT2D eigenvalue weighted by Crippen LogP contribution is 2.31. The van der Waals surface area contributed by atoms with Gasteiger partial charge in [0.15, 0.2) is 0 Å². The largest absolute Gasteiger partial charge is 0.455 e. The minimum Gasteiger partial charge on any atom is -0.455 e. The first-order valence-electron chi connectivity index (χ1n) is 5.09. The minimum absolute atomic E-state index is 0.188. The third-order valence-corrected chi connectivity index (χ3v) is 2.78. The Balaban J connectivity index is 2.37. The molecule has 0 aliphatic heterocycles. The predicted molar refractivity (Wildman–Crippen MR) is 73.8 cm³/mol. The molecule has 0 radical (unpaired) electrons. The fraction of sp³-hybridized carbons (Fsp3) is 0. The number of para-hydroxylation sites is 1. The summed E-state index contributed by atoms with van der Waals surface area (Å²) >= 11 is 10.8. The zero-order valence-electron chi connectivity index (χ0n) is 9.19. The van der Waals surface area contributed by atoms with Crippen molar-refractivity contribution in [2.45, 2.75) is 0 Å². The summed E-state index contributed by atoms with van der Waals surface area (Å²) in [4.78, 5) is 0.226. The third kappa shape index (κ3) is 2.78. The predicted octanol–water partition coefficient (Wildman–Crippen LogP) is 3.91. The van der Waals surface area contributed by atoms with Crippen LogP contribution in [-0.2, 0) is 0 Å². The summed E-state index contributed by atoms with van der Waals surface area (Å²) in [7, 11) is 0. The Morgan fingerprint density at radius 1 is 1.17 bits per heavy atom. The second-order valence-electron chi connectivity index (χ2n) is 3.54. The van der Waals surface area contributed by atoms with Crippen molar-refractivity contribution in [2.24, 2.45) is 5.73 Å². The van der Waals surface area contributed by atoms with Crippen molar-refractivity contribution in [1.82, 2.24) is 0 Å².